The number of carbonyl (C=O) groups excluding carboxylic acids is 1. The molecule has 1 heterocycles. The first-order valence-electron chi connectivity index (χ1n) is 4.73. The number of hydrogen-bond acceptors (Lipinski definition) is 4. The van der Waals surface area contributed by atoms with E-state index in [1.165, 1.54) is 10.9 Å². The molecule has 0 aromatic carbocycles. The number of carbonyl (C=O) groups is 2. The van der Waals surface area contributed by atoms with E-state index in [0.29, 0.717) is 0 Å². The molecule has 1 aliphatic rings. The molecule has 1 saturated carbocycles. The number of ketones is 1. The summed E-state index contributed by atoms with van der Waals surface area (Å²) in [6.07, 6.45) is 2.87. The van der Waals surface area contributed by atoms with Crippen LogP contribution in [-0.2, 0) is 4.79 Å². The zero-order valence-electron chi connectivity index (χ0n) is 8.25. The molecular weight excluding hydrogens is 198 g/mol. The first kappa shape index (κ1) is 9.82. The molecule has 1 aromatic heterocycles. The molecule has 0 unspecified atom stereocenters. The molecular formula is C9H11N3O3. The first-order valence-corrected chi connectivity index (χ1v) is 4.73. The van der Waals surface area contributed by atoms with Gasteiger partial charge >= 0.3 is 5.97 Å². The van der Waals surface area contributed by atoms with Crippen LogP contribution >= 0.6 is 0 Å². The molecule has 15 heavy (non-hydrogen) atoms. The Balaban J connectivity index is 2.01. The SMILES string of the molecule is CC(=O)C1CC(n2cc(C(=O)O)nn2)C1. The quantitative estimate of drug-likeness (QED) is 0.784. The number of carboxylic acid groups (broad SMARTS) is 1. The average molecular weight is 209 g/mol. The minimum Gasteiger partial charge on any atom is -0.476 e. The monoisotopic (exact) mass is 209 g/mol. The van der Waals surface area contributed by atoms with E-state index in [9.17, 15) is 9.59 Å². The molecule has 80 valence electrons. The number of rotatable bonds is 3. The number of carboxylic acids is 1. The predicted molar refractivity (Wildman–Crippen MR) is 49.4 cm³/mol. The molecule has 0 saturated heterocycles. The van der Waals surface area contributed by atoms with Crippen LogP contribution in [0, 0.1) is 5.92 Å². The van der Waals surface area contributed by atoms with Crippen molar-refractivity contribution in [2.75, 3.05) is 0 Å². The van der Waals surface area contributed by atoms with Gasteiger partial charge < -0.3 is 5.11 Å². The molecule has 1 aliphatic carbocycles. The van der Waals surface area contributed by atoms with Crippen molar-refractivity contribution in [2.45, 2.75) is 25.8 Å². The molecule has 0 amide bonds. The standard InChI is InChI=1S/C9H11N3O3/c1-5(13)6-2-7(3-6)12-4-8(9(14)15)10-11-12/h4,6-7H,2-3H2,1H3,(H,14,15). The fourth-order valence-electron chi connectivity index (χ4n) is 1.69. The normalized spacial score (nSPS) is 24.6. The van der Waals surface area contributed by atoms with Crippen LogP contribution in [-0.4, -0.2) is 31.9 Å². The van der Waals surface area contributed by atoms with Gasteiger partial charge in [0.25, 0.3) is 0 Å². The van der Waals surface area contributed by atoms with E-state index >= 15 is 0 Å². The Hall–Kier alpha value is -1.72. The minimum atomic E-state index is -1.08. The van der Waals surface area contributed by atoms with Crippen molar-refractivity contribution < 1.29 is 14.7 Å². The highest BCUT2D eigenvalue weighted by Crippen LogP contribution is 2.37. The van der Waals surface area contributed by atoms with Gasteiger partial charge in [-0.05, 0) is 19.8 Å². The van der Waals surface area contributed by atoms with Crippen LogP contribution in [0.4, 0.5) is 0 Å². The maximum Gasteiger partial charge on any atom is 0.358 e. The van der Waals surface area contributed by atoms with Crippen molar-refractivity contribution in [1.82, 2.24) is 15.0 Å². The molecule has 6 heteroatoms. The molecule has 0 radical (unpaired) electrons. The Bertz CT molecular complexity index is 406. The summed E-state index contributed by atoms with van der Waals surface area (Å²) in [5.74, 6) is -0.791. The lowest BCUT2D eigenvalue weighted by Crippen LogP contribution is -2.31. The number of aromatic nitrogens is 3. The van der Waals surface area contributed by atoms with Crippen LogP contribution in [0.25, 0.3) is 0 Å². The molecule has 1 aromatic rings. The molecule has 0 spiro atoms. The van der Waals surface area contributed by atoms with E-state index in [2.05, 4.69) is 10.3 Å². The zero-order chi connectivity index (χ0) is 11.0. The lowest BCUT2D eigenvalue weighted by Gasteiger charge is -2.32. The third-order valence-electron chi connectivity index (χ3n) is 2.79. The highest BCUT2D eigenvalue weighted by molar-refractivity contribution is 5.84. The second-order valence-electron chi connectivity index (χ2n) is 3.82. The summed E-state index contributed by atoms with van der Waals surface area (Å²) in [6, 6.07) is 0.125. The molecule has 0 atom stereocenters. The average Bonchev–Trinajstić information content (AvgIpc) is 2.49. The van der Waals surface area contributed by atoms with Crippen molar-refractivity contribution >= 4 is 11.8 Å². The van der Waals surface area contributed by atoms with Gasteiger partial charge in [-0.3, -0.25) is 4.79 Å². The van der Waals surface area contributed by atoms with Crippen LogP contribution < -0.4 is 0 Å². The summed E-state index contributed by atoms with van der Waals surface area (Å²) in [5, 5.41) is 15.9. The van der Waals surface area contributed by atoms with Crippen LogP contribution in [0.3, 0.4) is 0 Å². The first-order chi connectivity index (χ1) is 7.08. The van der Waals surface area contributed by atoms with Gasteiger partial charge in [0.15, 0.2) is 5.69 Å². The molecule has 0 aliphatic heterocycles. The van der Waals surface area contributed by atoms with E-state index < -0.39 is 5.97 Å². The fraction of sp³-hybridized carbons (Fsp3) is 0.556. The third kappa shape index (κ3) is 1.74. The van der Waals surface area contributed by atoms with Crippen molar-refractivity contribution in [3.8, 4) is 0 Å². The summed E-state index contributed by atoms with van der Waals surface area (Å²) >= 11 is 0. The van der Waals surface area contributed by atoms with Crippen molar-refractivity contribution in [2.24, 2.45) is 5.92 Å². The lowest BCUT2D eigenvalue weighted by molar-refractivity contribution is -0.124. The third-order valence-corrected chi connectivity index (χ3v) is 2.79. The molecule has 6 nitrogen and oxygen atoms in total. The van der Waals surface area contributed by atoms with E-state index in [1.54, 1.807) is 6.92 Å². The zero-order valence-corrected chi connectivity index (χ0v) is 8.25. The summed E-state index contributed by atoms with van der Waals surface area (Å²) in [7, 11) is 0. The number of aromatic carboxylic acids is 1. The van der Waals surface area contributed by atoms with E-state index in [-0.39, 0.29) is 23.4 Å². The fourth-order valence-corrected chi connectivity index (χ4v) is 1.69. The number of nitrogens with zero attached hydrogens (tertiary/aromatic N) is 3. The second-order valence-corrected chi connectivity index (χ2v) is 3.82. The summed E-state index contributed by atoms with van der Waals surface area (Å²) in [5.41, 5.74) is -0.0544. The van der Waals surface area contributed by atoms with Crippen molar-refractivity contribution in [3.63, 3.8) is 0 Å². The Morgan fingerprint density at radius 1 is 1.53 bits per heavy atom. The Labute approximate surface area is 85.9 Å². The smallest absolute Gasteiger partial charge is 0.358 e. The Morgan fingerprint density at radius 2 is 2.20 bits per heavy atom. The minimum absolute atomic E-state index is 0.0544. The molecule has 1 N–H and O–H groups in total. The molecule has 1 fully saturated rings. The van der Waals surface area contributed by atoms with E-state index in [0.717, 1.165) is 12.8 Å². The van der Waals surface area contributed by atoms with Gasteiger partial charge in [-0.1, -0.05) is 5.21 Å². The van der Waals surface area contributed by atoms with Crippen molar-refractivity contribution in [1.29, 1.82) is 0 Å². The maximum absolute atomic E-state index is 11.0. The van der Waals surface area contributed by atoms with Gasteiger partial charge in [0.2, 0.25) is 0 Å². The highest BCUT2D eigenvalue weighted by Gasteiger charge is 2.34. The highest BCUT2D eigenvalue weighted by atomic mass is 16.4. The van der Waals surface area contributed by atoms with Gasteiger partial charge in [-0.25, -0.2) is 9.48 Å². The van der Waals surface area contributed by atoms with Crippen LogP contribution in [0.15, 0.2) is 6.20 Å². The maximum atomic E-state index is 11.0. The van der Waals surface area contributed by atoms with Gasteiger partial charge in [0, 0.05) is 5.92 Å². The van der Waals surface area contributed by atoms with Gasteiger partial charge in [-0.2, -0.15) is 0 Å². The molecule has 2 rings (SSSR count). The van der Waals surface area contributed by atoms with Crippen molar-refractivity contribution in [3.05, 3.63) is 11.9 Å². The summed E-state index contributed by atoms with van der Waals surface area (Å²) < 4.78 is 1.53. The largest absolute Gasteiger partial charge is 0.476 e. The topological polar surface area (TPSA) is 85.1 Å². The number of Topliss-reactive ketones (excluding diaryl/α,β-unsaturated/α-hetero) is 1. The van der Waals surface area contributed by atoms with Gasteiger partial charge in [-0.15, -0.1) is 5.10 Å². The summed E-state index contributed by atoms with van der Waals surface area (Å²) in [6.45, 7) is 1.57. The van der Waals surface area contributed by atoms with Crippen LogP contribution in [0.5, 0.6) is 0 Å². The second kappa shape index (κ2) is 3.45. The lowest BCUT2D eigenvalue weighted by atomic mass is 9.78. The van der Waals surface area contributed by atoms with Crippen LogP contribution in [0.1, 0.15) is 36.3 Å². The van der Waals surface area contributed by atoms with Crippen LogP contribution in [0.2, 0.25) is 0 Å². The summed E-state index contributed by atoms with van der Waals surface area (Å²) in [4.78, 5) is 21.5. The molecule has 0 bridgehead atoms. The van der Waals surface area contributed by atoms with Gasteiger partial charge in [0.1, 0.15) is 5.78 Å². The van der Waals surface area contributed by atoms with E-state index in [1.807, 2.05) is 0 Å². The Morgan fingerprint density at radius 3 is 2.67 bits per heavy atom. The van der Waals surface area contributed by atoms with Gasteiger partial charge in [0.05, 0.1) is 12.2 Å². The predicted octanol–water partition coefficient (Wildman–Crippen LogP) is 0.516. The Kier molecular flexibility index (Phi) is 2.26. The van der Waals surface area contributed by atoms with E-state index in [4.69, 9.17) is 5.11 Å². The number of hydrogen-bond donors (Lipinski definition) is 1.